The second-order valence-corrected chi connectivity index (χ2v) is 7.44. The van der Waals surface area contributed by atoms with Crippen LogP contribution in [0.1, 0.15) is 22.7 Å². The van der Waals surface area contributed by atoms with E-state index < -0.39 is 0 Å². The molecule has 1 amide bonds. The average Bonchev–Trinajstić information content (AvgIpc) is 2.79. The Morgan fingerprint density at radius 1 is 0.903 bits per heavy atom. The summed E-state index contributed by atoms with van der Waals surface area (Å²) in [5.74, 6) is 1.41. The smallest absolute Gasteiger partial charge is 0.224 e. The Kier molecular flexibility index (Phi) is 7.79. The number of amides is 1. The van der Waals surface area contributed by atoms with E-state index in [2.05, 4.69) is 5.32 Å². The van der Waals surface area contributed by atoms with Gasteiger partial charge >= 0.3 is 0 Å². The zero-order valence-electron chi connectivity index (χ0n) is 17.9. The van der Waals surface area contributed by atoms with Gasteiger partial charge < -0.3 is 19.5 Å². The second-order valence-electron chi connectivity index (χ2n) is 7.04. The number of carbonyl (C=O) groups is 1. The normalized spacial score (nSPS) is 11.5. The van der Waals surface area contributed by atoms with Crippen LogP contribution in [-0.4, -0.2) is 27.2 Å². The molecular formula is C25H26ClNO4. The van der Waals surface area contributed by atoms with E-state index in [1.165, 1.54) is 0 Å². The van der Waals surface area contributed by atoms with Crippen LogP contribution >= 0.6 is 11.6 Å². The fourth-order valence-corrected chi connectivity index (χ4v) is 3.70. The van der Waals surface area contributed by atoms with Crippen LogP contribution in [0.4, 0.5) is 0 Å². The lowest BCUT2D eigenvalue weighted by molar-refractivity contribution is -0.121. The van der Waals surface area contributed by atoms with Crippen molar-refractivity contribution in [3.63, 3.8) is 0 Å². The first kappa shape index (κ1) is 22.5. The minimum Gasteiger partial charge on any atom is -0.493 e. The Morgan fingerprint density at radius 2 is 1.52 bits per heavy atom. The quantitative estimate of drug-likeness (QED) is 0.509. The number of hydrogen-bond donors (Lipinski definition) is 1. The minimum absolute atomic E-state index is 0.116. The molecule has 1 N–H and O–H groups in total. The molecule has 0 saturated heterocycles. The molecule has 0 radical (unpaired) electrons. The number of ether oxygens (including phenoxy) is 3. The van der Waals surface area contributed by atoms with Gasteiger partial charge in [0.05, 0.1) is 33.8 Å². The molecule has 6 heteroatoms. The van der Waals surface area contributed by atoms with E-state index in [-0.39, 0.29) is 18.4 Å². The summed E-state index contributed by atoms with van der Waals surface area (Å²) in [6, 6.07) is 20.9. The van der Waals surface area contributed by atoms with E-state index in [4.69, 9.17) is 25.8 Å². The van der Waals surface area contributed by atoms with Crippen molar-refractivity contribution in [1.29, 1.82) is 0 Å². The first-order chi connectivity index (χ1) is 15.0. The molecule has 1 unspecified atom stereocenters. The van der Waals surface area contributed by atoms with E-state index in [1.807, 2.05) is 54.6 Å². The van der Waals surface area contributed by atoms with Crippen LogP contribution in [0.3, 0.4) is 0 Å². The molecule has 0 saturated carbocycles. The zero-order chi connectivity index (χ0) is 22.2. The van der Waals surface area contributed by atoms with Crippen molar-refractivity contribution in [3.05, 3.63) is 88.4 Å². The highest BCUT2D eigenvalue weighted by Crippen LogP contribution is 2.38. The SMILES string of the molecule is COc1cc(CC(=O)NC(Cc2ccccc2Cl)c2ccccc2)cc(OC)c1OC. The van der Waals surface area contributed by atoms with Gasteiger partial charge in [-0.05, 0) is 41.3 Å². The van der Waals surface area contributed by atoms with Gasteiger partial charge in [-0.2, -0.15) is 0 Å². The van der Waals surface area contributed by atoms with Crippen LogP contribution in [-0.2, 0) is 17.6 Å². The first-order valence-electron chi connectivity index (χ1n) is 9.92. The number of nitrogens with one attached hydrogen (secondary N) is 1. The van der Waals surface area contributed by atoms with Gasteiger partial charge in [0.1, 0.15) is 0 Å². The Labute approximate surface area is 187 Å². The van der Waals surface area contributed by atoms with E-state index >= 15 is 0 Å². The number of hydrogen-bond acceptors (Lipinski definition) is 4. The number of rotatable bonds is 9. The molecule has 0 fully saturated rings. The summed E-state index contributed by atoms with van der Waals surface area (Å²) in [5, 5.41) is 3.83. The van der Waals surface area contributed by atoms with E-state index in [1.54, 1.807) is 33.5 Å². The third kappa shape index (κ3) is 5.70. The summed E-state index contributed by atoms with van der Waals surface area (Å²) in [6.07, 6.45) is 0.757. The van der Waals surface area contributed by atoms with E-state index in [0.717, 1.165) is 16.7 Å². The summed E-state index contributed by atoms with van der Waals surface area (Å²) < 4.78 is 16.1. The van der Waals surface area contributed by atoms with Crippen LogP contribution in [0.2, 0.25) is 5.02 Å². The van der Waals surface area contributed by atoms with Gasteiger partial charge in [0.25, 0.3) is 0 Å². The molecule has 0 aliphatic rings. The predicted molar refractivity (Wildman–Crippen MR) is 122 cm³/mol. The second kappa shape index (κ2) is 10.7. The van der Waals surface area contributed by atoms with Gasteiger partial charge in [-0.25, -0.2) is 0 Å². The number of benzene rings is 3. The highest BCUT2D eigenvalue weighted by molar-refractivity contribution is 6.31. The molecule has 3 aromatic carbocycles. The monoisotopic (exact) mass is 439 g/mol. The topological polar surface area (TPSA) is 56.8 Å². The summed E-state index contributed by atoms with van der Waals surface area (Å²) in [4.78, 5) is 13.0. The molecule has 0 aromatic heterocycles. The van der Waals surface area contributed by atoms with Gasteiger partial charge in [-0.1, -0.05) is 60.1 Å². The molecule has 5 nitrogen and oxygen atoms in total. The zero-order valence-corrected chi connectivity index (χ0v) is 18.6. The number of halogens is 1. The van der Waals surface area contributed by atoms with Crippen molar-refractivity contribution >= 4 is 17.5 Å². The lowest BCUT2D eigenvalue weighted by atomic mass is 9.98. The molecule has 31 heavy (non-hydrogen) atoms. The molecule has 0 bridgehead atoms. The number of carbonyl (C=O) groups excluding carboxylic acids is 1. The maximum absolute atomic E-state index is 13.0. The third-order valence-corrected chi connectivity index (χ3v) is 5.38. The standard InChI is InChI=1S/C25H26ClNO4/c1-29-22-13-17(14-23(30-2)25(22)31-3)15-24(28)27-21(18-9-5-4-6-10-18)16-19-11-7-8-12-20(19)26/h4-14,21H,15-16H2,1-3H3,(H,27,28). The molecule has 3 rings (SSSR count). The van der Waals surface area contributed by atoms with Crippen molar-refractivity contribution in [2.45, 2.75) is 18.9 Å². The van der Waals surface area contributed by atoms with Crippen molar-refractivity contribution in [2.24, 2.45) is 0 Å². The van der Waals surface area contributed by atoms with Crippen molar-refractivity contribution in [2.75, 3.05) is 21.3 Å². The summed E-state index contributed by atoms with van der Waals surface area (Å²) in [7, 11) is 4.65. The molecule has 0 spiro atoms. The fraction of sp³-hybridized carbons (Fsp3) is 0.240. The molecule has 0 aliphatic heterocycles. The van der Waals surface area contributed by atoms with Gasteiger partial charge in [-0.3, -0.25) is 4.79 Å². The lowest BCUT2D eigenvalue weighted by Crippen LogP contribution is -2.31. The van der Waals surface area contributed by atoms with Crippen LogP contribution < -0.4 is 19.5 Å². The first-order valence-corrected chi connectivity index (χ1v) is 10.3. The summed E-state index contributed by atoms with van der Waals surface area (Å²) in [5.41, 5.74) is 2.75. The van der Waals surface area contributed by atoms with Gasteiger partial charge in [0.15, 0.2) is 11.5 Å². The maximum atomic E-state index is 13.0. The van der Waals surface area contributed by atoms with Gasteiger partial charge in [0.2, 0.25) is 11.7 Å². The lowest BCUT2D eigenvalue weighted by Gasteiger charge is -2.20. The van der Waals surface area contributed by atoms with Crippen LogP contribution in [0.5, 0.6) is 17.2 Å². The van der Waals surface area contributed by atoms with Gasteiger partial charge in [0, 0.05) is 5.02 Å². The maximum Gasteiger partial charge on any atom is 0.224 e. The molecule has 0 aliphatic carbocycles. The Balaban J connectivity index is 1.82. The summed E-state index contributed by atoms with van der Waals surface area (Å²) >= 11 is 6.37. The molecule has 3 aromatic rings. The van der Waals surface area contributed by atoms with Crippen molar-refractivity contribution in [3.8, 4) is 17.2 Å². The van der Waals surface area contributed by atoms with Crippen LogP contribution in [0.25, 0.3) is 0 Å². The van der Waals surface area contributed by atoms with E-state index in [9.17, 15) is 4.79 Å². The number of methoxy groups -OCH3 is 3. The Hall–Kier alpha value is -3.18. The molecule has 0 heterocycles. The Bertz CT molecular complexity index is 998. The van der Waals surface area contributed by atoms with E-state index in [0.29, 0.717) is 28.7 Å². The predicted octanol–water partition coefficient (Wildman–Crippen LogP) is 5.01. The average molecular weight is 440 g/mol. The highest BCUT2D eigenvalue weighted by Gasteiger charge is 2.19. The summed E-state index contributed by atoms with van der Waals surface area (Å²) in [6.45, 7) is 0. The minimum atomic E-state index is -0.212. The Morgan fingerprint density at radius 3 is 2.10 bits per heavy atom. The fourth-order valence-electron chi connectivity index (χ4n) is 3.49. The van der Waals surface area contributed by atoms with Gasteiger partial charge in [-0.15, -0.1) is 0 Å². The third-order valence-electron chi connectivity index (χ3n) is 5.01. The van der Waals surface area contributed by atoms with Crippen molar-refractivity contribution < 1.29 is 19.0 Å². The van der Waals surface area contributed by atoms with Crippen LogP contribution in [0, 0.1) is 0 Å². The van der Waals surface area contributed by atoms with Crippen LogP contribution in [0.15, 0.2) is 66.7 Å². The molecule has 162 valence electrons. The molecular weight excluding hydrogens is 414 g/mol. The highest BCUT2D eigenvalue weighted by atomic mass is 35.5. The molecule has 1 atom stereocenters. The van der Waals surface area contributed by atoms with Crippen molar-refractivity contribution in [1.82, 2.24) is 5.32 Å². The largest absolute Gasteiger partial charge is 0.493 e.